The Balaban J connectivity index is 2.51. The van der Waals surface area contributed by atoms with Gasteiger partial charge in [0.1, 0.15) is 0 Å². The maximum Gasteiger partial charge on any atom is 0.289 e. The molecule has 194 valence electrons. The second kappa shape index (κ2) is 11.7. The summed E-state index contributed by atoms with van der Waals surface area (Å²) in [5, 5.41) is 15.0. The van der Waals surface area contributed by atoms with Crippen LogP contribution < -0.4 is 5.32 Å². The van der Waals surface area contributed by atoms with Gasteiger partial charge >= 0.3 is 0 Å². The molecular weight excluding hydrogens is 482 g/mol. The SMILES string of the molecule is C=CCN[C@H]1C=C[C@H](N(CC=C)S(=O)(=O)c2ccccc2[N+](=O)[O-])C[C@@H](O[Si](C)(C)C(C)(C)C)C1. The molecule has 0 unspecified atom stereocenters. The number of sulfonamides is 1. The van der Waals surface area contributed by atoms with E-state index in [4.69, 9.17) is 4.43 Å². The predicted octanol–water partition coefficient (Wildman–Crippen LogP) is 5.02. The highest BCUT2D eigenvalue weighted by Gasteiger charge is 2.42. The van der Waals surface area contributed by atoms with E-state index in [2.05, 4.69) is 52.3 Å². The summed E-state index contributed by atoms with van der Waals surface area (Å²) in [6.07, 6.45) is 8.03. The van der Waals surface area contributed by atoms with Crippen molar-refractivity contribution in [1.29, 1.82) is 0 Å². The van der Waals surface area contributed by atoms with Crippen LogP contribution in [0.3, 0.4) is 0 Å². The molecule has 0 aliphatic heterocycles. The Kier molecular flexibility index (Phi) is 9.77. The zero-order valence-electron chi connectivity index (χ0n) is 21.4. The van der Waals surface area contributed by atoms with Crippen LogP contribution in [-0.4, -0.2) is 57.2 Å². The Morgan fingerprint density at radius 1 is 1.20 bits per heavy atom. The van der Waals surface area contributed by atoms with Crippen molar-refractivity contribution in [2.75, 3.05) is 13.1 Å². The minimum absolute atomic E-state index is 0.0101. The fourth-order valence-electron chi connectivity index (χ4n) is 3.85. The van der Waals surface area contributed by atoms with E-state index in [1.807, 2.05) is 12.2 Å². The first-order chi connectivity index (χ1) is 16.2. The van der Waals surface area contributed by atoms with E-state index in [1.165, 1.54) is 34.6 Å². The van der Waals surface area contributed by atoms with Gasteiger partial charge in [-0.3, -0.25) is 10.1 Å². The van der Waals surface area contributed by atoms with Crippen molar-refractivity contribution in [3.8, 4) is 0 Å². The Bertz CT molecular complexity index is 1050. The fraction of sp³-hybridized carbons (Fsp3) is 0.520. The summed E-state index contributed by atoms with van der Waals surface area (Å²) < 4.78 is 35.5. The number of hydrogen-bond acceptors (Lipinski definition) is 6. The molecule has 0 saturated heterocycles. The summed E-state index contributed by atoms with van der Waals surface area (Å²) in [7, 11) is -6.34. The first-order valence-electron chi connectivity index (χ1n) is 11.8. The quantitative estimate of drug-likeness (QED) is 0.190. The molecule has 0 heterocycles. The van der Waals surface area contributed by atoms with E-state index in [-0.39, 0.29) is 28.6 Å². The van der Waals surface area contributed by atoms with Gasteiger partial charge < -0.3 is 9.74 Å². The molecule has 10 heteroatoms. The van der Waals surface area contributed by atoms with E-state index in [0.717, 1.165) is 0 Å². The van der Waals surface area contributed by atoms with Gasteiger partial charge in [0.05, 0.1) is 4.92 Å². The molecule has 3 atom stereocenters. The van der Waals surface area contributed by atoms with Crippen LogP contribution in [0, 0.1) is 10.1 Å². The smallest absolute Gasteiger partial charge is 0.289 e. The summed E-state index contributed by atoms with van der Waals surface area (Å²) in [6.45, 7) is 19.0. The molecule has 2 rings (SSSR count). The van der Waals surface area contributed by atoms with Gasteiger partial charge in [-0.05, 0) is 37.0 Å². The second-order valence-electron chi connectivity index (χ2n) is 10.3. The highest BCUT2D eigenvalue weighted by molar-refractivity contribution is 7.89. The molecule has 0 bridgehead atoms. The van der Waals surface area contributed by atoms with Crippen molar-refractivity contribution in [2.45, 2.75) is 74.8 Å². The summed E-state index contributed by atoms with van der Waals surface area (Å²) in [5.41, 5.74) is -0.446. The van der Waals surface area contributed by atoms with Crippen molar-refractivity contribution < 1.29 is 17.8 Å². The van der Waals surface area contributed by atoms with Crippen LogP contribution in [-0.2, 0) is 14.4 Å². The molecule has 0 spiro atoms. The van der Waals surface area contributed by atoms with Gasteiger partial charge in [-0.2, -0.15) is 4.31 Å². The maximum absolute atomic E-state index is 13.7. The van der Waals surface area contributed by atoms with Gasteiger partial charge in [0.25, 0.3) is 15.7 Å². The monoisotopic (exact) mass is 521 g/mol. The molecule has 8 nitrogen and oxygen atoms in total. The number of para-hydroxylation sites is 1. The van der Waals surface area contributed by atoms with Crippen LogP contribution in [0.15, 0.2) is 66.6 Å². The van der Waals surface area contributed by atoms with E-state index in [0.29, 0.717) is 19.4 Å². The Labute approximate surface area is 211 Å². The van der Waals surface area contributed by atoms with Gasteiger partial charge in [-0.25, -0.2) is 8.42 Å². The van der Waals surface area contributed by atoms with Crippen molar-refractivity contribution in [2.24, 2.45) is 0 Å². The lowest BCUT2D eigenvalue weighted by Gasteiger charge is -2.40. The molecule has 0 amide bonds. The topological polar surface area (TPSA) is 102 Å². The van der Waals surface area contributed by atoms with Gasteiger partial charge in [0, 0.05) is 37.3 Å². The minimum atomic E-state index is -4.20. The maximum atomic E-state index is 13.7. The van der Waals surface area contributed by atoms with Gasteiger partial charge in [0.2, 0.25) is 0 Å². The molecular formula is C25H39N3O5SSi. The van der Waals surface area contributed by atoms with Crippen LogP contribution in [0.2, 0.25) is 18.1 Å². The zero-order chi connectivity index (χ0) is 26.4. The molecule has 0 saturated carbocycles. The van der Waals surface area contributed by atoms with Gasteiger partial charge in [-0.1, -0.05) is 57.2 Å². The summed E-state index contributed by atoms with van der Waals surface area (Å²) in [5.74, 6) is 0. The number of benzene rings is 1. The third-order valence-electron chi connectivity index (χ3n) is 6.71. The first-order valence-corrected chi connectivity index (χ1v) is 16.2. The van der Waals surface area contributed by atoms with Crippen LogP contribution in [0.4, 0.5) is 5.69 Å². The average molecular weight is 522 g/mol. The first kappa shape index (κ1) is 29.1. The molecule has 1 aliphatic rings. The largest absolute Gasteiger partial charge is 0.414 e. The van der Waals surface area contributed by atoms with E-state index >= 15 is 0 Å². The van der Waals surface area contributed by atoms with Gasteiger partial charge in [-0.15, -0.1) is 13.2 Å². The van der Waals surface area contributed by atoms with Crippen LogP contribution in [0.25, 0.3) is 0 Å². The molecule has 1 aliphatic carbocycles. The Morgan fingerprint density at radius 3 is 2.43 bits per heavy atom. The van der Waals surface area contributed by atoms with E-state index < -0.39 is 35.0 Å². The average Bonchev–Trinajstić information content (AvgIpc) is 2.96. The van der Waals surface area contributed by atoms with Gasteiger partial charge in [0.15, 0.2) is 13.2 Å². The summed E-state index contributed by atoms with van der Waals surface area (Å²) >= 11 is 0. The lowest BCUT2D eigenvalue weighted by Crippen LogP contribution is -2.47. The highest BCUT2D eigenvalue weighted by atomic mass is 32.2. The van der Waals surface area contributed by atoms with E-state index in [1.54, 1.807) is 6.08 Å². The number of rotatable bonds is 11. The third kappa shape index (κ3) is 7.20. The Hall–Kier alpha value is -2.11. The second-order valence-corrected chi connectivity index (χ2v) is 16.9. The zero-order valence-corrected chi connectivity index (χ0v) is 23.3. The summed E-state index contributed by atoms with van der Waals surface area (Å²) in [6, 6.07) is 4.87. The highest BCUT2D eigenvalue weighted by Crippen LogP contribution is 2.39. The predicted molar refractivity (Wildman–Crippen MR) is 143 cm³/mol. The molecule has 1 N–H and O–H groups in total. The van der Waals surface area contributed by atoms with Crippen molar-refractivity contribution in [3.05, 3.63) is 71.8 Å². The normalized spacial score (nSPS) is 21.5. The standard InChI is InChI=1S/C25H39N3O5SSi/c1-8-16-26-20-14-15-21(19-22(18-20)33-35(6,7)25(3,4)5)27(17-9-2)34(31,32)24-13-11-10-12-23(24)28(29)30/h8-15,20-22,26H,1-2,16-19H2,3-7H3/t20-,21-,22-/m0/s1. The summed E-state index contributed by atoms with van der Waals surface area (Å²) in [4.78, 5) is 10.6. The number of hydrogen-bond donors (Lipinski definition) is 1. The molecule has 1 aromatic carbocycles. The van der Waals surface area contributed by atoms with Crippen molar-refractivity contribution in [3.63, 3.8) is 0 Å². The molecule has 35 heavy (non-hydrogen) atoms. The molecule has 0 radical (unpaired) electrons. The number of nitrogens with zero attached hydrogens (tertiary/aromatic N) is 2. The minimum Gasteiger partial charge on any atom is -0.414 e. The number of nitro benzene ring substituents is 1. The van der Waals surface area contributed by atoms with Crippen LogP contribution >= 0.6 is 0 Å². The number of nitrogens with one attached hydrogen (secondary N) is 1. The third-order valence-corrected chi connectivity index (χ3v) is 13.2. The lowest BCUT2D eigenvalue weighted by molar-refractivity contribution is -0.387. The lowest BCUT2D eigenvalue weighted by atomic mass is 10.1. The molecule has 0 aromatic heterocycles. The van der Waals surface area contributed by atoms with Crippen molar-refractivity contribution in [1.82, 2.24) is 9.62 Å². The van der Waals surface area contributed by atoms with Crippen LogP contribution in [0.5, 0.6) is 0 Å². The molecule has 0 fully saturated rings. The Morgan fingerprint density at radius 2 is 1.86 bits per heavy atom. The van der Waals surface area contributed by atoms with Crippen LogP contribution in [0.1, 0.15) is 33.6 Å². The molecule has 1 aromatic rings. The fourth-order valence-corrected chi connectivity index (χ4v) is 6.95. The number of nitro groups is 1. The van der Waals surface area contributed by atoms with E-state index in [9.17, 15) is 18.5 Å². The van der Waals surface area contributed by atoms with Crippen molar-refractivity contribution >= 4 is 24.0 Å².